The van der Waals surface area contributed by atoms with Crippen LogP contribution in [0, 0.1) is 3.57 Å². The number of benzene rings is 2. The predicted molar refractivity (Wildman–Crippen MR) is 124 cm³/mol. The molecule has 7 heteroatoms. The van der Waals surface area contributed by atoms with Crippen molar-refractivity contribution < 1.29 is 19.7 Å². The summed E-state index contributed by atoms with van der Waals surface area (Å²) in [6, 6.07) is 10.9. The van der Waals surface area contributed by atoms with Crippen molar-refractivity contribution in [2.75, 3.05) is 13.6 Å². The van der Waals surface area contributed by atoms with E-state index in [0.717, 1.165) is 34.1 Å². The van der Waals surface area contributed by atoms with E-state index < -0.39 is 17.1 Å². The maximum absolute atomic E-state index is 13.1. The molecular formula is C24H25IN2O4. The molecule has 2 bridgehead atoms. The Labute approximate surface area is 194 Å². The van der Waals surface area contributed by atoms with Crippen molar-refractivity contribution in [2.24, 2.45) is 0 Å². The summed E-state index contributed by atoms with van der Waals surface area (Å²) < 4.78 is 7.44. The van der Waals surface area contributed by atoms with Gasteiger partial charge >= 0.3 is 0 Å². The SMILES string of the molecule is CN1CC[C@]23c4c5ccc(O)c4O[C@H]2[C@H](NC(=O)c2cccc([125I])c2)CC[C@@]3(O)[C@H]1C5. The minimum Gasteiger partial charge on any atom is -0.504 e. The first-order chi connectivity index (χ1) is 14.8. The number of aliphatic hydroxyl groups is 1. The van der Waals surface area contributed by atoms with E-state index in [0.29, 0.717) is 24.2 Å². The molecule has 2 heterocycles. The largest absolute Gasteiger partial charge is 0.504 e. The fraction of sp³-hybridized carbons (Fsp3) is 0.458. The van der Waals surface area contributed by atoms with Crippen molar-refractivity contribution >= 4 is 28.5 Å². The van der Waals surface area contributed by atoms with Gasteiger partial charge in [-0.3, -0.25) is 4.79 Å². The van der Waals surface area contributed by atoms with E-state index in [1.807, 2.05) is 30.3 Å². The van der Waals surface area contributed by atoms with Crippen molar-refractivity contribution in [1.29, 1.82) is 0 Å². The number of likely N-dealkylation sites (tertiary alicyclic amines) is 1. The molecule has 0 unspecified atom stereocenters. The van der Waals surface area contributed by atoms with Crippen molar-refractivity contribution in [1.82, 2.24) is 10.2 Å². The van der Waals surface area contributed by atoms with E-state index in [-0.39, 0.29) is 23.7 Å². The van der Waals surface area contributed by atoms with Crippen LogP contribution in [0.3, 0.4) is 0 Å². The monoisotopic (exact) mass is 530 g/mol. The number of nitrogens with zero attached hydrogens (tertiary/aromatic N) is 1. The van der Waals surface area contributed by atoms with E-state index in [4.69, 9.17) is 4.74 Å². The van der Waals surface area contributed by atoms with Crippen LogP contribution in [0.2, 0.25) is 0 Å². The van der Waals surface area contributed by atoms with Gasteiger partial charge in [0.05, 0.1) is 17.1 Å². The maximum atomic E-state index is 13.1. The third kappa shape index (κ3) is 2.48. The lowest BCUT2D eigenvalue weighted by molar-refractivity contribution is -0.186. The number of carbonyl (C=O) groups excluding carboxylic acids is 1. The van der Waals surface area contributed by atoms with Gasteiger partial charge in [0.25, 0.3) is 5.91 Å². The molecule has 6 rings (SSSR count). The van der Waals surface area contributed by atoms with E-state index in [1.54, 1.807) is 6.07 Å². The number of ether oxygens (including phenoxy) is 1. The van der Waals surface area contributed by atoms with Gasteiger partial charge in [-0.1, -0.05) is 12.1 Å². The van der Waals surface area contributed by atoms with Gasteiger partial charge in [0.2, 0.25) is 0 Å². The van der Waals surface area contributed by atoms with Crippen molar-refractivity contribution in [3.63, 3.8) is 0 Å². The van der Waals surface area contributed by atoms with Crippen LogP contribution in [0.1, 0.15) is 40.7 Å². The average Bonchev–Trinajstić information content (AvgIpc) is 3.10. The molecule has 6 nitrogen and oxygen atoms in total. The number of hydrogen-bond acceptors (Lipinski definition) is 5. The summed E-state index contributed by atoms with van der Waals surface area (Å²) in [6.07, 6.45) is 2.30. The summed E-state index contributed by atoms with van der Waals surface area (Å²) >= 11 is 2.20. The van der Waals surface area contributed by atoms with Crippen LogP contribution in [0.25, 0.3) is 0 Å². The number of nitrogens with one attached hydrogen (secondary N) is 1. The Kier molecular flexibility index (Phi) is 4.21. The molecule has 0 radical (unpaired) electrons. The molecule has 2 aliphatic heterocycles. The Bertz CT molecular complexity index is 1110. The van der Waals surface area contributed by atoms with Gasteiger partial charge in [-0.05, 0) is 91.7 Å². The highest BCUT2D eigenvalue weighted by atomic mass is 125. The molecule has 2 aromatic carbocycles. The lowest BCUT2D eigenvalue weighted by Gasteiger charge is -2.63. The third-order valence-electron chi connectivity index (χ3n) is 8.13. The van der Waals surface area contributed by atoms with Gasteiger partial charge in [-0.15, -0.1) is 0 Å². The second-order valence-electron chi connectivity index (χ2n) is 9.46. The fourth-order valence-corrected chi connectivity index (χ4v) is 7.33. The molecule has 1 saturated heterocycles. The topological polar surface area (TPSA) is 82.0 Å². The van der Waals surface area contributed by atoms with Gasteiger partial charge in [-0.25, -0.2) is 0 Å². The van der Waals surface area contributed by atoms with E-state index in [9.17, 15) is 15.0 Å². The minimum atomic E-state index is -0.944. The molecule has 1 spiro atoms. The van der Waals surface area contributed by atoms with Crippen molar-refractivity contribution in [3.05, 3.63) is 56.7 Å². The normalized spacial score (nSPS) is 35.3. The van der Waals surface area contributed by atoms with Crippen LogP contribution in [0.15, 0.2) is 36.4 Å². The third-order valence-corrected chi connectivity index (χ3v) is 8.80. The quantitative estimate of drug-likeness (QED) is 0.521. The molecule has 162 valence electrons. The summed E-state index contributed by atoms with van der Waals surface area (Å²) in [6.45, 7) is 0.846. The van der Waals surface area contributed by atoms with E-state index in [2.05, 4.69) is 39.9 Å². The van der Waals surface area contributed by atoms with Crippen LogP contribution in [-0.2, 0) is 11.8 Å². The molecule has 2 aromatic rings. The number of amides is 1. The fourth-order valence-electron chi connectivity index (χ4n) is 6.78. The highest BCUT2D eigenvalue weighted by Gasteiger charge is 2.72. The molecule has 2 fully saturated rings. The number of likely N-dealkylation sites (N-methyl/N-ethyl adjacent to an activating group) is 1. The first kappa shape index (κ1) is 19.8. The summed E-state index contributed by atoms with van der Waals surface area (Å²) in [5, 5.41) is 26.0. The van der Waals surface area contributed by atoms with Crippen LogP contribution < -0.4 is 10.1 Å². The zero-order valence-corrected chi connectivity index (χ0v) is 19.4. The summed E-state index contributed by atoms with van der Waals surface area (Å²) in [5.74, 6) is 0.485. The number of aromatic hydroxyl groups is 1. The van der Waals surface area contributed by atoms with Crippen LogP contribution in [0.5, 0.6) is 11.5 Å². The summed E-state index contributed by atoms with van der Waals surface area (Å²) in [4.78, 5) is 15.3. The summed E-state index contributed by atoms with van der Waals surface area (Å²) in [7, 11) is 2.08. The van der Waals surface area contributed by atoms with Crippen LogP contribution >= 0.6 is 22.6 Å². The molecule has 4 aliphatic rings. The lowest BCUT2D eigenvalue weighted by atomic mass is 9.48. The Morgan fingerprint density at radius 2 is 2.13 bits per heavy atom. The smallest absolute Gasteiger partial charge is 0.251 e. The van der Waals surface area contributed by atoms with E-state index in [1.165, 1.54) is 0 Å². The van der Waals surface area contributed by atoms with Crippen molar-refractivity contribution in [2.45, 2.75) is 54.9 Å². The predicted octanol–water partition coefficient (Wildman–Crippen LogP) is 2.58. The Morgan fingerprint density at radius 1 is 1.29 bits per heavy atom. The highest BCUT2D eigenvalue weighted by molar-refractivity contribution is 14.1. The highest BCUT2D eigenvalue weighted by Crippen LogP contribution is 2.65. The first-order valence-electron chi connectivity index (χ1n) is 10.9. The molecule has 1 saturated carbocycles. The minimum absolute atomic E-state index is 0.00250. The molecule has 2 aliphatic carbocycles. The summed E-state index contributed by atoms with van der Waals surface area (Å²) in [5.41, 5.74) is 1.17. The number of carbonyl (C=O) groups is 1. The number of rotatable bonds is 2. The van der Waals surface area contributed by atoms with Gasteiger partial charge in [0.15, 0.2) is 11.5 Å². The Balaban J connectivity index is 1.44. The Morgan fingerprint density at radius 3 is 2.94 bits per heavy atom. The number of hydrogen-bond donors (Lipinski definition) is 3. The average molecular weight is 530 g/mol. The van der Waals surface area contributed by atoms with Gasteiger partial charge < -0.3 is 25.2 Å². The Hall–Kier alpha value is -1.84. The molecule has 1 amide bonds. The zero-order chi connectivity index (χ0) is 21.5. The molecule has 31 heavy (non-hydrogen) atoms. The number of halogens is 1. The van der Waals surface area contributed by atoms with Gasteiger partial charge in [0, 0.05) is 20.7 Å². The number of phenols is 1. The van der Waals surface area contributed by atoms with E-state index >= 15 is 0 Å². The van der Waals surface area contributed by atoms with Crippen molar-refractivity contribution in [3.8, 4) is 11.5 Å². The lowest BCUT2D eigenvalue weighted by Crippen LogP contribution is -2.77. The second-order valence-corrected chi connectivity index (χ2v) is 10.7. The zero-order valence-electron chi connectivity index (χ0n) is 17.3. The number of piperidine rings is 1. The standard InChI is InChI=1S/C24H25IN2O4/c1-27-10-9-23-19-13-5-6-17(28)20(19)31-21(23)16(7-8-24(23,30)18(27)12-13)26-22(29)14-3-2-4-15(25)11-14/h2-6,11,16,18,21,28,30H,7-10,12H2,1H3,(H,26,29)/t16-,18-,21+,23+,24-/m1/s1/i25-2. The van der Waals surface area contributed by atoms with Crippen LogP contribution in [0.4, 0.5) is 0 Å². The first-order valence-corrected chi connectivity index (χ1v) is 11.9. The van der Waals surface area contributed by atoms with Gasteiger partial charge in [0.1, 0.15) is 6.10 Å². The second kappa shape index (κ2) is 6.59. The molecular weight excluding hydrogens is 505 g/mol. The number of phenolic OH excluding ortho intramolecular Hbond substituents is 1. The maximum Gasteiger partial charge on any atom is 0.251 e. The molecule has 0 aromatic heterocycles. The van der Waals surface area contributed by atoms with Gasteiger partial charge in [-0.2, -0.15) is 0 Å². The molecule has 5 atom stereocenters. The van der Waals surface area contributed by atoms with Crippen LogP contribution in [-0.4, -0.2) is 58.4 Å². The molecule has 3 N–H and O–H groups in total.